The number of hydrogen-bond donors (Lipinski definition) is 0. The first-order chi connectivity index (χ1) is 37.8. The Morgan fingerprint density at radius 1 is 0.224 bits per heavy atom. The minimum absolute atomic E-state index is 0.611. The molecule has 0 aliphatic heterocycles. The van der Waals surface area contributed by atoms with Crippen molar-refractivity contribution in [2.75, 3.05) is 0 Å². The average Bonchev–Trinajstić information content (AvgIpc) is 4.23. The maximum absolute atomic E-state index is 2.55. The molecule has 0 unspecified atom stereocenters. The number of hydrogen-bond acceptors (Lipinski definition) is 0. The van der Waals surface area contributed by atoms with Gasteiger partial charge in [-0.15, -0.1) is 0 Å². The van der Waals surface area contributed by atoms with E-state index in [1.165, 1.54) is 142 Å². The number of fused-ring (bicyclic) bond motifs is 15. The molecule has 0 radical (unpaired) electrons. The first-order valence-corrected chi connectivity index (χ1v) is 26.5. The zero-order chi connectivity index (χ0) is 49.9. The summed E-state index contributed by atoms with van der Waals surface area (Å²) in [6.45, 7) is 0. The maximum atomic E-state index is 2.55. The Bertz CT molecular complexity index is 4760. The van der Waals surface area contributed by atoms with Crippen molar-refractivity contribution in [2.45, 2.75) is 5.41 Å². The molecule has 14 aromatic carbocycles. The van der Waals surface area contributed by atoms with Crippen LogP contribution in [0.15, 0.2) is 285 Å². The smallest absolute Gasteiger partial charge is 0.0725 e. The monoisotopic (exact) mass is 961 g/mol. The van der Waals surface area contributed by atoms with Gasteiger partial charge in [-0.2, -0.15) is 0 Å². The summed E-state index contributed by atoms with van der Waals surface area (Å²) in [5.41, 5.74) is 18.1. The lowest BCUT2D eigenvalue weighted by atomic mass is 9.65. The largest absolute Gasteiger partial charge is 0.309 e. The molecule has 0 amide bonds. The third-order valence-corrected chi connectivity index (χ3v) is 16.8. The number of para-hydroxylation sites is 2. The first-order valence-electron chi connectivity index (χ1n) is 26.5. The lowest BCUT2D eigenvalue weighted by Gasteiger charge is -2.35. The second kappa shape index (κ2) is 16.6. The van der Waals surface area contributed by atoms with Crippen LogP contribution < -0.4 is 0 Å². The van der Waals surface area contributed by atoms with Gasteiger partial charge in [0.1, 0.15) is 0 Å². The van der Waals surface area contributed by atoms with Crippen molar-refractivity contribution in [3.05, 3.63) is 307 Å². The van der Waals surface area contributed by atoms with Crippen LogP contribution in [0.2, 0.25) is 0 Å². The molecule has 0 saturated heterocycles. The van der Waals surface area contributed by atoms with E-state index in [9.17, 15) is 0 Å². The summed E-state index contributed by atoms with van der Waals surface area (Å²) < 4.78 is 2.40. The van der Waals surface area contributed by atoms with Crippen LogP contribution in [0.1, 0.15) is 22.3 Å². The van der Waals surface area contributed by atoms with E-state index in [-0.39, 0.29) is 0 Å². The van der Waals surface area contributed by atoms with Gasteiger partial charge in [0.05, 0.1) is 16.4 Å². The van der Waals surface area contributed by atoms with Crippen LogP contribution in [0.3, 0.4) is 0 Å². The molecule has 76 heavy (non-hydrogen) atoms. The van der Waals surface area contributed by atoms with E-state index in [0.29, 0.717) is 0 Å². The van der Waals surface area contributed by atoms with Crippen molar-refractivity contribution in [1.82, 2.24) is 4.57 Å². The lowest BCUT2D eigenvalue weighted by molar-refractivity contribution is 0.783. The molecule has 0 fully saturated rings. The van der Waals surface area contributed by atoms with Crippen LogP contribution in [0.4, 0.5) is 0 Å². The van der Waals surface area contributed by atoms with E-state index < -0.39 is 5.41 Å². The summed E-state index contributed by atoms with van der Waals surface area (Å²) in [6, 6.07) is 107. The van der Waals surface area contributed by atoms with Crippen LogP contribution in [0.5, 0.6) is 0 Å². The highest BCUT2D eigenvalue weighted by Crippen LogP contribution is 2.63. The van der Waals surface area contributed by atoms with Crippen molar-refractivity contribution < 1.29 is 0 Å². The minimum atomic E-state index is -0.611. The topological polar surface area (TPSA) is 4.93 Å². The molecule has 16 rings (SSSR count). The summed E-state index contributed by atoms with van der Waals surface area (Å²) in [6.07, 6.45) is 0. The lowest BCUT2D eigenvalue weighted by Crippen LogP contribution is -2.29. The van der Waals surface area contributed by atoms with E-state index >= 15 is 0 Å². The van der Waals surface area contributed by atoms with Crippen LogP contribution >= 0.6 is 0 Å². The quantitative estimate of drug-likeness (QED) is 0.116. The Morgan fingerprint density at radius 2 is 0.645 bits per heavy atom. The van der Waals surface area contributed by atoms with Crippen molar-refractivity contribution in [1.29, 1.82) is 0 Å². The molecule has 0 atom stereocenters. The van der Waals surface area contributed by atoms with Gasteiger partial charge in [-0.3, -0.25) is 0 Å². The molecule has 1 nitrogen and oxygen atoms in total. The molecule has 352 valence electrons. The molecule has 0 saturated carbocycles. The number of benzene rings is 14. The van der Waals surface area contributed by atoms with Crippen molar-refractivity contribution in [3.63, 3.8) is 0 Å². The van der Waals surface area contributed by atoms with Gasteiger partial charge in [-0.25, -0.2) is 0 Å². The highest BCUT2D eigenvalue weighted by Gasteiger charge is 2.49. The SMILES string of the molecule is c1ccc(-n2c3ccccc3c3cc(-c4c5ccccc5c(-c5cccc(-c6cc7c(c8ccccc68)C(c6ccccc6)(c6ccccc6)c6c-7c7ccccc7c7ccccc67)c5)c5ccccc45)ccc32)cc1. The predicted molar refractivity (Wildman–Crippen MR) is 322 cm³/mol. The van der Waals surface area contributed by atoms with Crippen LogP contribution in [0.25, 0.3) is 126 Å². The fraction of sp³-hybridized carbons (Fsp3) is 0.0133. The molecular weight excluding hydrogens is 915 g/mol. The predicted octanol–water partition coefficient (Wildman–Crippen LogP) is 19.9. The molecule has 1 heteroatoms. The average molecular weight is 962 g/mol. The number of rotatable bonds is 6. The van der Waals surface area contributed by atoms with Crippen LogP contribution in [-0.2, 0) is 5.41 Å². The molecule has 1 heterocycles. The third kappa shape index (κ3) is 5.97. The second-order valence-electron chi connectivity index (χ2n) is 20.6. The van der Waals surface area contributed by atoms with E-state index in [1.54, 1.807) is 0 Å². The van der Waals surface area contributed by atoms with Crippen LogP contribution in [0, 0.1) is 0 Å². The second-order valence-corrected chi connectivity index (χ2v) is 20.6. The zero-order valence-corrected chi connectivity index (χ0v) is 41.6. The Hall–Kier alpha value is -9.82. The molecule has 1 aromatic heterocycles. The Morgan fingerprint density at radius 3 is 1.24 bits per heavy atom. The molecule has 1 aliphatic rings. The Labute approximate surface area is 440 Å². The molecule has 0 bridgehead atoms. The minimum Gasteiger partial charge on any atom is -0.309 e. The van der Waals surface area contributed by atoms with E-state index in [2.05, 4.69) is 290 Å². The van der Waals surface area contributed by atoms with E-state index in [0.717, 1.165) is 5.69 Å². The number of nitrogens with zero attached hydrogens (tertiary/aromatic N) is 1. The van der Waals surface area contributed by atoms with Crippen molar-refractivity contribution in [2.24, 2.45) is 0 Å². The summed E-state index contributed by atoms with van der Waals surface area (Å²) in [5, 5.41) is 15.1. The van der Waals surface area contributed by atoms with Gasteiger partial charge in [0.15, 0.2) is 0 Å². The Kier molecular flexibility index (Phi) is 9.32. The standard InChI is InChI=1S/C75H47N/c1-4-25-51(26-5-1)75(52-27-6-2-7-28-52)73-63-40-18-12-33-56(63)65(47-67(73)72-58-35-13-10-31-54(58)55-32-11-19-41-64(55)74(72)75)48-23-22-24-49(45-48)70-59-36-14-16-38-61(59)71(62-39-17-15-37-60(62)70)50-43-44-69-66(46-50)57-34-20-21-42-68(57)76(69)53-29-8-3-9-30-53/h1-47H. The highest BCUT2D eigenvalue weighted by atomic mass is 15.0. The summed E-state index contributed by atoms with van der Waals surface area (Å²) in [7, 11) is 0. The van der Waals surface area contributed by atoms with E-state index in [4.69, 9.17) is 0 Å². The van der Waals surface area contributed by atoms with Crippen LogP contribution in [-0.4, -0.2) is 4.57 Å². The molecule has 15 aromatic rings. The third-order valence-electron chi connectivity index (χ3n) is 16.8. The van der Waals surface area contributed by atoms with Gasteiger partial charge in [0.25, 0.3) is 0 Å². The fourth-order valence-electron chi connectivity index (χ4n) is 13.8. The van der Waals surface area contributed by atoms with Gasteiger partial charge in [0, 0.05) is 16.5 Å². The number of aromatic nitrogens is 1. The van der Waals surface area contributed by atoms with Gasteiger partial charge in [-0.05, 0) is 163 Å². The zero-order valence-electron chi connectivity index (χ0n) is 41.6. The summed E-state index contributed by atoms with van der Waals surface area (Å²) >= 11 is 0. The van der Waals surface area contributed by atoms with Crippen molar-refractivity contribution >= 4 is 75.7 Å². The Balaban J connectivity index is 0.953. The summed E-state index contributed by atoms with van der Waals surface area (Å²) in [5.74, 6) is 0. The first kappa shape index (κ1) is 42.7. The van der Waals surface area contributed by atoms with Gasteiger partial charge >= 0.3 is 0 Å². The molecule has 0 N–H and O–H groups in total. The molecule has 1 aliphatic carbocycles. The molecular formula is C75H47N. The van der Waals surface area contributed by atoms with Gasteiger partial charge in [0.2, 0.25) is 0 Å². The van der Waals surface area contributed by atoms with Gasteiger partial charge < -0.3 is 4.57 Å². The van der Waals surface area contributed by atoms with Gasteiger partial charge in [-0.1, -0.05) is 243 Å². The fourth-order valence-corrected chi connectivity index (χ4v) is 13.8. The highest BCUT2D eigenvalue weighted by molar-refractivity contribution is 6.24. The van der Waals surface area contributed by atoms with Crippen molar-refractivity contribution in [3.8, 4) is 50.2 Å². The molecule has 0 spiro atoms. The normalized spacial score (nSPS) is 12.8. The van der Waals surface area contributed by atoms with E-state index in [1.807, 2.05) is 0 Å². The summed E-state index contributed by atoms with van der Waals surface area (Å²) in [4.78, 5) is 0. The maximum Gasteiger partial charge on any atom is 0.0725 e.